The molecule has 1 aliphatic heterocycles. The molecule has 172 valence electrons. The number of hydrogen-bond donors (Lipinski definition) is 0. The van der Waals surface area contributed by atoms with Crippen LogP contribution in [0.5, 0.6) is 23.0 Å². The lowest BCUT2D eigenvalue weighted by atomic mass is 10.2. The number of hydrogen-bond acceptors (Lipinski definition) is 5. The molecule has 7 heteroatoms. The van der Waals surface area contributed by atoms with Crippen LogP contribution in [0.1, 0.15) is 5.56 Å². The van der Waals surface area contributed by atoms with Gasteiger partial charge in [0.25, 0.3) is 0 Å². The highest BCUT2D eigenvalue weighted by molar-refractivity contribution is 5.94. The third-order valence-electron chi connectivity index (χ3n) is 5.89. The van der Waals surface area contributed by atoms with E-state index in [4.69, 9.17) is 14.2 Å². The lowest BCUT2D eigenvalue weighted by Gasteiger charge is -2.19. The normalized spacial score (nSPS) is 13.4. The summed E-state index contributed by atoms with van der Waals surface area (Å²) in [5.74, 6) is 2.54. The van der Waals surface area contributed by atoms with Crippen molar-refractivity contribution in [1.82, 2.24) is 9.88 Å². The molecular weight excluding hydrogens is 430 g/mol. The highest BCUT2D eigenvalue weighted by Crippen LogP contribution is 2.37. The van der Waals surface area contributed by atoms with Crippen LogP contribution in [0.3, 0.4) is 0 Å². The molecule has 7 nitrogen and oxygen atoms in total. The number of amides is 2. The van der Waals surface area contributed by atoms with E-state index < -0.39 is 0 Å². The summed E-state index contributed by atoms with van der Waals surface area (Å²) in [5.41, 5.74) is 2.71. The van der Waals surface area contributed by atoms with Crippen LogP contribution >= 0.6 is 0 Å². The maximum atomic E-state index is 12.9. The van der Waals surface area contributed by atoms with Gasteiger partial charge in [0, 0.05) is 43.0 Å². The molecule has 0 N–H and O–H groups in total. The largest absolute Gasteiger partial charge is 0.493 e. The van der Waals surface area contributed by atoms with Crippen LogP contribution in [0, 0.1) is 0 Å². The summed E-state index contributed by atoms with van der Waals surface area (Å²) in [4.78, 5) is 21.0. The third kappa shape index (κ3) is 4.20. The maximum Gasteiger partial charge on any atom is 0.324 e. The summed E-state index contributed by atoms with van der Waals surface area (Å²) in [6, 6.07) is 23.1. The van der Waals surface area contributed by atoms with Crippen LogP contribution in [-0.4, -0.2) is 43.2 Å². The van der Waals surface area contributed by atoms with Gasteiger partial charge in [-0.15, -0.1) is 0 Å². The van der Waals surface area contributed by atoms with E-state index >= 15 is 0 Å². The van der Waals surface area contributed by atoms with Crippen molar-refractivity contribution >= 4 is 22.6 Å². The Labute approximate surface area is 198 Å². The molecule has 0 aliphatic carbocycles. The van der Waals surface area contributed by atoms with Gasteiger partial charge in [-0.2, -0.15) is 0 Å². The topological polar surface area (TPSA) is 64.1 Å². The zero-order valence-electron chi connectivity index (χ0n) is 19.1. The molecule has 0 atom stereocenters. The van der Waals surface area contributed by atoms with E-state index in [0.29, 0.717) is 42.6 Å². The lowest BCUT2D eigenvalue weighted by molar-refractivity contribution is 0.219. The number of anilines is 1. The van der Waals surface area contributed by atoms with Crippen molar-refractivity contribution in [1.29, 1.82) is 0 Å². The van der Waals surface area contributed by atoms with Crippen molar-refractivity contribution in [2.45, 2.75) is 6.54 Å². The minimum absolute atomic E-state index is 0.0127. The van der Waals surface area contributed by atoms with Crippen LogP contribution in [0.25, 0.3) is 10.9 Å². The monoisotopic (exact) mass is 455 g/mol. The summed E-state index contributed by atoms with van der Waals surface area (Å²) in [6.07, 6.45) is 1.70. The first-order valence-corrected chi connectivity index (χ1v) is 11.1. The Morgan fingerprint density at radius 1 is 0.853 bits per heavy atom. The van der Waals surface area contributed by atoms with Gasteiger partial charge in [0.1, 0.15) is 11.5 Å². The van der Waals surface area contributed by atoms with Gasteiger partial charge in [-0.1, -0.05) is 30.3 Å². The summed E-state index contributed by atoms with van der Waals surface area (Å²) in [6.45, 7) is 1.96. The van der Waals surface area contributed by atoms with Crippen molar-refractivity contribution in [2.75, 3.05) is 32.2 Å². The molecule has 3 aromatic carbocycles. The molecule has 2 heterocycles. The number of aromatic nitrogens is 1. The first-order chi connectivity index (χ1) is 16.7. The molecule has 0 unspecified atom stereocenters. The molecule has 1 saturated heterocycles. The van der Waals surface area contributed by atoms with Gasteiger partial charge in [0.05, 0.1) is 19.7 Å². The predicted octanol–water partition coefficient (Wildman–Crippen LogP) is 5.49. The van der Waals surface area contributed by atoms with Gasteiger partial charge in [0.2, 0.25) is 0 Å². The van der Waals surface area contributed by atoms with E-state index in [1.807, 2.05) is 77.7 Å². The van der Waals surface area contributed by atoms with Crippen LogP contribution < -0.4 is 19.1 Å². The second-order valence-corrected chi connectivity index (χ2v) is 7.97. The number of urea groups is 1. The third-order valence-corrected chi connectivity index (χ3v) is 5.89. The zero-order valence-corrected chi connectivity index (χ0v) is 19.1. The molecule has 1 aliphatic rings. The number of methoxy groups -OCH3 is 2. The molecule has 34 heavy (non-hydrogen) atoms. The van der Waals surface area contributed by atoms with Crippen molar-refractivity contribution in [2.24, 2.45) is 0 Å². The van der Waals surface area contributed by atoms with E-state index in [0.717, 1.165) is 22.2 Å². The Kier molecular flexibility index (Phi) is 5.91. The maximum absolute atomic E-state index is 12.9. The van der Waals surface area contributed by atoms with Gasteiger partial charge in [-0.3, -0.25) is 9.88 Å². The predicted molar refractivity (Wildman–Crippen MR) is 131 cm³/mol. The average Bonchev–Trinajstić information content (AvgIpc) is 3.24. The van der Waals surface area contributed by atoms with E-state index in [1.165, 1.54) is 0 Å². The van der Waals surface area contributed by atoms with Gasteiger partial charge in [-0.05, 0) is 42.0 Å². The number of ether oxygens (including phenoxy) is 3. The summed E-state index contributed by atoms with van der Waals surface area (Å²) in [5, 5.41) is 0.815. The summed E-state index contributed by atoms with van der Waals surface area (Å²) in [7, 11) is 3.19. The summed E-state index contributed by atoms with van der Waals surface area (Å²) >= 11 is 0. The second-order valence-electron chi connectivity index (χ2n) is 7.97. The molecule has 4 aromatic rings. The number of carbonyl (C=O) groups is 1. The Hall–Kier alpha value is -4.26. The van der Waals surface area contributed by atoms with Gasteiger partial charge < -0.3 is 19.1 Å². The number of benzene rings is 3. The molecule has 0 spiro atoms. The van der Waals surface area contributed by atoms with Crippen LogP contribution in [-0.2, 0) is 6.54 Å². The molecule has 1 aromatic heterocycles. The SMILES string of the molecule is COc1cc2nccc(Oc3ccc(N4CCN(Cc5ccccc5)C4=O)cc3)c2cc1OC. The Morgan fingerprint density at radius 2 is 1.59 bits per heavy atom. The minimum Gasteiger partial charge on any atom is -0.493 e. The fourth-order valence-electron chi connectivity index (χ4n) is 4.13. The molecular formula is C27H25N3O4. The Bertz CT molecular complexity index is 1310. The van der Waals surface area contributed by atoms with Gasteiger partial charge >= 0.3 is 6.03 Å². The lowest BCUT2D eigenvalue weighted by Crippen LogP contribution is -2.31. The first-order valence-electron chi connectivity index (χ1n) is 11.1. The molecule has 0 radical (unpaired) electrons. The zero-order chi connectivity index (χ0) is 23.5. The van der Waals surface area contributed by atoms with Crippen molar-refractivity contribution in [3.63, 3.8) is 0 Å². The molecule has 2 amide bonds. The van der Waals surface area contributed by atoms with Gasteiger partial charge in [0.15, 0.2) is 11.5 Å². The van der Waals surface area contributed by atoms with Crippen LogP contribution in [0.4, 0.5) is 10.5 Å². The first kappa shape index (κ1) is 21.6. The van der Waals surface area contributed by atoms with Gasteiger partial charge in [-0.25, -0.2) is 4.79 Å². The summed E-state index contributed by atoms with van der Waals surface area (Å²) < 4.78 is 17.0. The van der Waals surface area contributed by atoms with Crippen LogP contribution in [0.15, 0.2) is 79.0 Å². The molecule has 0 saturated carbocycles. The molecule has 5 rings (SSSR count). The number of carbonyl (C=O) groups excluding carboxylic acids is 1. The van der Waals surface area contributed by atoms with E-state index in [1.54, 1.807) is 25.3 Å². The fraction of sp³-hybridized carbons (Fsp3) is 0.185. The highest BCUT2D eigenvalue weighted by atomic mass is 16.5. The number of rotatable bonds is 7. The quantitative estimate of drug-likeness (QED) is 0.369. The highest BCUT2D eigenvalue weighted by Gasteiger charge is 2.29. The number of nitrogens with zero attached hydrogens (tertiary/aromatic N) is 3. The number of fused-ring (bicyclic) bond motifs is 1. The molecule has 0 bridgehead atoms. The van der Waals surface area contributed by atoms with Crippen molar-refractivity contribution < 1.29 is 19.0 Å². The van der Waals surface area contributed by atoms with Crippen LogP contribution in [0.2, 0.25) is 0 Å². The Balaban J connectivity index is 1.32. The second kappa shape index (κ2) is 9.31. The molecule has 1 fully saturated rings. The minimum atomic E-state index is 0.0127. The number of pyridine rings is 1. The smallest absolute Gasteiger partial charge is 0.324 e. The fourth-order valence-corrected chi connectivity index (χ4v) is 4.13. The van der Waals surface area contributed by atoms with Crippen molar-refractivity contribution in [3.05, 3.63) is 84.6 Å². The van der Waals surface area contributed by atoms with E-state index in [9.17, 15) is 4.79 Å². The standard InChI is InChI=1S/C27H25N3O4/c1-32-25-16-22-23(17-26(25)33-2)28-13-12-24(22)34-21-10-8-20(9-11-21)30-15-14-29(27(30)31)18-19-6-4-3-5-7-19/h3-13,16-17H,14-15,18H2,1-2H3. The average molecular weight is 456 g/mol. The van der Waals surface area contributed by atoms with E-state index in [2.05, 4.69) is 4.98 Å². The van der Waals surface area contributed by atoms with Crippen molar-refractivity contribution in [3.8, 4) is 23.0 Å². The Morgan fingerprint density at radius 3 is 2.32 bits per heavy atom. The van der Waals surface area contributed by atoms with E-state index in [-0.39, 0.29) is 6.03 Å².